The van der Waals surface area contributed by atoms with Crippen molar-refractivity contribution in [2.75, 3.05) is 13.2 Å². The maximum Gasteiger partial charge on any atom is 0.416 e. The van der Waals surface area contributed by atoms with Crippen molar-refractivity contribution in [3.8, 4) is 11.1 Å². The molecule has 4 N–H and O–H groups in total. The van der Waals surface area contributed by atoms with Gasteiger partial charge >= 0.3 is 6.18 Å². The van der Waals surface area contributed by atoms with Gasteiger partial charge in [-0.1, -0.05) is 0 Å². The van der Waals surface area contributed by atoms with E-state index in [4.69, 9.17) is 5.11 Å². The highest BCUT2D eigenvalue weighted by molar-refractivity contribution is 5.98. The number of carbonyl (C=O) groups is 1. The van der Waals surface area contributed by atoms with E-state index in [1.807, 2.05) is 0 Å². The summed E-state index contributed by atoms with van der Waals surface area (Å²) in [4.78, 5) is 25.0. The van der Waals surface area contributed by atoms with Crippen LogP contribution in [0, 0.1) is 0 Å². The van der Waals surface area contributed by atoms with Gasteiger partial charge in [-0.15, -0.1) is 0 Å². The third-order valence-electron chi connectivity index (χ3n) is 4.33. The number of aromatic amines is 1. The third-order valence-corrected chi connectivity index (χ3v) is 4.33. The average molecular weight is 410 g/mol. The van der Waals surface area contributed by atoms with E-state index in [2.05, 4.69) is 15.5 Å². The van der Waals surface area contributed by atoms with Crippen molar-refractivity contribution in [2.24, 2.45) is 7.05 Å². The summed E-state index contributed by atoms with van der Waals surface area (Å²) < 4.78 is 40.9. The number of carbonyl (C=O) groups excluding carboxylic acids is 1. The lowest BCUT2D eigenvalue weighted by Crippen LogP contribution is -2.34. The third kappa shape index (κ3) is 4.15. The zero-order chi connectivity index (χ0) is 21.3. The summed E-state index contributed by atoms with van der Waals surface area (Å²) in [6.07, 6.45) is -3.28. The lowest BCUT2D eigenvalue weighted by Gasteiger charge is -2.13. The van der Waals surface area contributed by atoms with Crippen molar-refractivity contribution < 1.29 is 28.2 Å². The fourth-order valence-electron chi connectivity index (χ4n) is 2.84. The van der Waals surface area contributed by atoms with E-state index in [9.17, 15) is 27.9 Å². The van der Waals surface area contributed by atoms with Gasteiger partial charge in [-0.05, 0) is 23.8 Å². The van der Waals surface area contributed by atoms with Crippen LogP contribution in [0.1, 0.15) is 15.9 Å². The summed E-state index contributed by atoms with van der Waals surface area (Å²) in [7, 11) is 1.37. The van der Waals surface area contributed by atoms with Crippen LogP contribution in [0.5, 0.6) is 0 Å². The summed E-state index contributed by atoms with van der Waals surface area (Å²) >= 11 is 0. The topological polar surface area (TPSA) is 120 Å². The molecule has 0 spiro atoms. The maximum atomic E-state index is 13.3. The van der Waals surface area contributed by atoms with E-state index in [-0.39, 0.29) is 28.8 Å². The molecule has 0 bridgehead atoms. The zero-order valence-corrected chi connectivity index (χ0v) is 15.1. The standard InChI is InChI=1S/C18H17F3N4O4/c1-25-7-9(16(28)22-5-11(27)8-26)2-13(17(25)29)12-3-10(18(19,20)21)4-15-14(12)6-23-24-15/h2-4,6-7,11,26-27H,5,8H2,1H3,(H,22,28)(H,23,24). The van der Waals surface area contributed by atoms with Crippen LogP contribution in [0.15, 0.2) is 35.4 Å². The average Bonchev–Trinajstić information content (AvgIpc) is 3.15. The molecule has 1 unspecified atom stereocenters. The number of aliphatic hydroxyl groups excluding tert-OH is 2. The molecule has 0 aliphatic heterocycles. The van der Waals surface area contributed by atoms with Gasteiger partial charge in [0.15, 0.2) is 0 Å². The predicted molar refractivity (Wildman–Crippen MR) is 97.2 cm³/mol. The number of halogens is 3. The van der Waals surface area contributed by atoms with Crippen molar-refractivity contribution in [1.29, 1.82) is 0 Å². The number of nitrogens with one attached hydrogen (secondary N) is 2. The molecule has 1 aromatic carbocycles. The number of pyridine rings is 1. The molecule has 1 amide bonds. The lowest BCUT2D eigenvalue weighted by atomic mass is 9.98. The van der Waals surface area contributed by atoms with Crippen molar-refractivity contribution in [1.82, 2.24) is 20.1 Å². The van der Waals surface area contributed by atoms with Gasteiger partial charge in [0.05, 0.1) is 35.6 Å². The number of hydrogen-bond acceptors (Lipinski definition) is 5. The quantitative estimate of drug-likeness (QED) is 0.501. The lowest BCUT2D eigenvalue weighted by molar-refractivity contribution is -0.137. The van der Waals surface area contributed by atoms with Gasteiger partial charge in [-0.25, -0.2) is 0 Å². The molecule has 0 aliphatic carbocycles. The molecule has 2 aromatic heterocycles. The molecule has 3 aromatic rings. The number of aliphatic hydroxyl groups is 2. The van der Waals surface area contributed by atoms with E-state index in [0.717, 1.165) is 16.7 Å². The van der Waals surface area contributed by atoms with Crippen LogP contribution in [0.3, 0.4) is 0 Å². The molecule has 8 nitrogen and oxygen atoms in total. The zero-order valence-electron chi connectivity index (χ0n) is 15.1. The first-order valence-corrected chi connectivity index (χ1v) is 8.44. The van der Waals surface area contributed by atoms with Gasteiger partial charge < -0.3 is 20.1 Å². The Morgan fingerprint density at radius 3 is 2.69 bits per heavy atom. The van der Waals surface area contributed by atoms with Crippen LogP contribution in [0.25, 0.3) is 22.0 Å². The molecule has 3 rings (SSSR count). The predicted octanol–water partition coefficient (Wildman–Crippen LogP) is 1.03. The maximum absolute atomic E-state index is 13.3. The van der Waals surface area contributed by atoms with Gasteiger partial charge in [-0.3, -0.25) is 14.7 Å². The second-order valence-electron chi connectivity index (χ2n) is 6.46. The number of H-pyrrole nitrogens is 1. The fourth-order valence-corrected chi connectivity index (χ4v) is 2.84. The summed E-state index contributed by atoms with van der Waals surface area (Å²) in [5, 5.41) is 27.1. The first-order chi connectivity index (χ1) is 13.6. The second-order valence-corrected chi connectivity index (χ2v) is 6.46. The SMILES string of the molecule is Cn1cc(C(=O)NCC(O)CO)cc(-c2cc(C(F)(F)F)cc3[nH]ncc23)c1=O. The Labute approximate surface area is 161 Å². The molecular formula is C18H17F3N4O4. The van der Waals surface area contributed by atoms with E-state index < -0.39 is 35.9 Å². The summed E-state index contributed by atoms with van der Waals surface area (Å²) in [6.45, 7) is -0.787. The molecule has 2 heterocycles. The van der Waals surface area contributed by atoms with Gasteiger partial charge in [0, 0.05) is 30.7 Å². The summed E-state index contributed by atoms with van der Waals surface area (Å²) in [5.74, 6) is -0.662. The molecule has 1 atom stereocenters. The minimum Gasteiger partial charge on any atom is -0.394 e. The highest BCUT2D eigenvalue weighted by Gasteiger charge is 2.32. The largest absolute Gasteiger partial charge is 0.416 e. The number of aromatic nitrogens is 3. The van der Waals surface area contributed by atoms with Crippen molar-refractivity contribution in [3.63, 3.8) is 0 Å². The normalized spacial score (nSPS) is 12.9. The number of alkyl halides is 3. The van der Waals surface area contributed by atoms with Crippen LogP contribution in [-0.2, 0) is 13.2 Å². The molecule has 0 aliphatic rings. The van der Waals surface area contributed by atoms with Gasteiger partial charge in [-0.2, -0.15) is 18.3 Å². The Balaban J connectivity index is 2.14. The van der Waals surface area contributed by atoms with E-state index in [1.54, 1.807) is 0 Å². The first kappa shape index (κ1) is 20.6. The summed E-state index contributed by atoms with van der Waals surface area (Å²) in [5.41, 5.74) is -1.60. The Morgan fingerprint density at radius 1 is 1.31 bits per heavy atom. The number of rotatable bonds is 5. The van der Waals surface area contributed by atoms with Crippen molar-refractivity contribution in [3.05, 3.63) is 52.1 Å². The highest BCUT2D eigenvalue weighted by Crippen LogP contribution is 2.35. The molecule has 154 valence electrons. The van der Waals surface area contributed by atoms with Crippen LogP contribution in [0.2, 0.25) is 0 Å². The van der Waals surface area contributed by atoms with Crippen LogP contribution < -0.4 is 10.9 Å². The van der Waals surface area contributed by atoms with Crippen LogP contribution in [-0.4, -0.2) is 50.1 Å². The number of aryl methyl sites for hydroxylation is 1. The Bertz CT molecular complexity index is 1120. The van der Waals surface area contributed by atoms with E-state index in [1.165, 1.54) is 25.5 Å². The molecule has 0 fully saturated rings. The first-order valence-electron chi connectivity index (χ1n) is 8.44. The van der Waals surface area contributed by atoms with Crippen molar-refractivity contribution in [2.45, 2.75) is 12.3 Å². The minimum atomic E-state index is -4.64. The number of amides is 1. The Morgan fingerprint density at radius 2 is 2.03 bits per heavy atom. The minimum absolute atomic E-state index is 0.00120. The van der Waals surface area contributed by atoms with Crippen LogP contribution >= 0.6 is 0 Å². The van der Waals surface area contributed by atoms with E-state index in [0.29, 0.717) is 5.39 Å². The number of nitrogens with zero attached hydrogens (tertiary/aromatic N) is 2. The molecule has 0 saturated carbocycles. The number of benzene rings is 1. The number of fused-ring (bicyclic) bond motifs is 1. The second kappa shape index (κ2) is 7.68. The Hall–Kier alpha value is -3.18. The van der Waals surface area contributed by atoms with Crippen LogP contribution in [0.4, 0.5) is 13.2 Å². The van der Waals surface area contributed by atoms with E-state index >= 15 is 0 Å². The summed E-state index contributed by atoms with van der Waals surface area (Å²) in [6, 6.07) is 2.92. The molecule has 0 radical (unpaired) electrons. The number of hydrogen-bond donors (Lipinski definition) is 4. The monoisotopic (exact) mass is 410 g/mol. The van der Waals surface area contributed by atoms with Gasteiger partial charge in [0.1, 0.15) is 0 Å². The van der Waals surface area contributed by atoms with Crippen molar-refractivity contribution >= 4 is 16.8 Å². The smallest absolute Gasteiger partial charge is 0.394 e. The molecule has 0 saturated heterocycles. The van der Waals surface area contributed by atoms with Gasteiger partial charge in [0.2, 0.25) is 0 Å². The molecular weight excluding hydrogens is 393 g/mol. The van der Waals surface area contributed by atoms with Gasteiger partial charge in [0.25, 0.3) is 11.5 Å². The fraction of sp³-hybridized carbons (Fsp3) is 0.278. The molecule has 29 heavy (non-hydrogen) atoms. The molecule has 11 heteroatoms. The highest BCUT2D eigenvalue weighted by atomic mass is 19.4. The Kier molecular flexibility index (Phi) is 5.44.